The summed E-state index contributed by atoms with van der Waals surface area (Å²) in [5, 5.41) is 2.86. The molecule has 0 radical (unpaired) electrons. The number of hydrogen-bond acceptors (Lipinski definition) is 5. The number of nitrogens with zero attached hydrogens (tertiary/aromatic N) is 2. The van der Waals surface area contributed by atoms with Gasteiger partial charge < -0.3 is 14.8 Å². The van der Waals surface area contributed by atoms with E-state index >= 15 is 0 Å². The minimum Gasteiger partial charge on any atom is -0.454 e. The number of aromatic nitrogens is 2. The SMILES string of the molecule is CCCc1cc2c(cc1NC(=O)c1cnccn1)OCO2. The molecule has 0 saturated carbocycles. The number of nitrogens with one attached hydrogen (secondary N) is 1. The van der Waals surface area contributed by atoms with Crippen molar-refractivity contribution in [3.8, 4) is 11.5 Å². The standard InChI is InChI=1S/C15H15N3O3/c1-2-3-10-6-13-14(21-9-20-13)7-11(10)18-15(19)12-8-16-4-5-17-12/h4-8H,2-3,9H2,1H3,(H,18,19). The molecule has 6 heteroatoms. The Bertz CT molecular complexity index is 659. The summed E-state index contributed by atoms with van der Waals surface area (Å²) in [5.41, 5.74) is 2.01. The summed E-state index contributed by atoms with van der Waals surface area (Å²) in [6.45, 7) is 2.29. The number of carbonyl (C=O) groups is 1. The molecule has 0 spiro atoms. The maximum atomic E-state index is 12.2. The van der Waals surface area contributed by atoms with Crippen molar-refractivity contribution in [2.75, 3.05) is 12.1 Å². The first-order valence-corrected chi connectivity index (χ1v) is 6.78. The van der Waals surface area contributed by atoms with Crippen LogP contribution in [0, 0.1) is 0 Å². The highest BCUT2D eigenvalue weighted by Crippen LogP contribution is 2.37. The van der Waals surface area contributed by atoms with E-state index in [0.717, 1.165) is 29.8 Å². The van der Waals surface area contributed by atoms with Gasteiger partial charge in [-0.1, -0.05) is 13.3 Å². The Hall–Kier alpha value is -2.63. The molecule has 1 amide bonds. The zero-order valence-electron chi connectivity index (χ0n) is 11.6. The molecular formula is C15H15N3O3. The number of benzene rings is 1. The van der Waals surface area contributed by atoms with Gasteiger partial charge in [0, 0.05) is 24.1 Å². The van der Waals surface area contributed by atoms with Crippen LogP contribution in [-0.2, 0) is 6.42 Å². The lowest BCUT2D eigenvalue weighted by Gasteiger charge is -2.11. The quantitative estimate of drug-likeness (QED) is 0.933. The van der Waals surface area contributed by atoms with Gasteiger partial charge in [-0.25, -0.2) is 4.98 Å². The van der Waals surface area contributed by atoms with Crippen LogP contribution in [0.2, 0.25) is 0 Å². The van der Waals surface area contributed by atoms with Crippen molar-refractivity contribution in [1.29, 1.82) is 0 Å². The van der Waals surface area contributed by atoms with Gasteiger partial charge in [0.05, 0.1) is 6.20 Å². The van der Waals surface area contributed by atoms with E-state index in [1.165, 1.54) is 18.6 Å². The fourth-order valence-corrected chi connectivity index (χ4v) is 2.18. The van der Waals surface area contributed by atoms with E-state index in [1.54, 1.807) is 6.07 Å². The van der Waals surface area contributed by atoms with Crippen LogP contribution in [0.25, 0.3) is 0 Å². The summed E-state index contributed by atoms with van der Waals surface area (Å²) in [5.74, 6) is 1.07. The average molecular weight is 285 g/mol. The highest BCUT2D eigenvalue weighted by Gasteiger charge is 2.18. The Morgan fingerprint density at radius 3 is 2.81 bits per heavy atom. The smallest absolute Gasteiger partial charge is 0.275 e. The van der Waals surface area contributed by atoms with E-state index in [1.807, 2.05) is 6.07 Å². The van der Waals surface area contributed by atoms with Gasteiger partial charge in [0.25, 0.3) is 5.91 Å². The molecule has 1 N–H and O–H groups in total. The number of carbonyl (C=O) groups excluding carboxylic acids is 1. The van der Waals surface area contributed by atoms with Crippen LogP contribution in [-0.4, -0.2) is 22.7 Å². The maximum absolute atomic E-state index is 12.2. The Morgan fingerprint density at radius 1 is 1.29 bits per heavy atom. The number of amides is 1. The highest BCUT2D eigenvalue weighted by atomic mass is 16.7. The van der Waals surface area contributed by atoms with E-state index in [-0.39, 0.29) is 18.4 Å². The summed E-state index contributed by atoms with van der Waals surface area (Å²) in [4.78, 5) is 20.1. The molecule has 0 saturated heterocycles. The second-order valence-electron chi connectivity index (χ2n) is 4.66. The van der Waals surface area contributed by atoms with E-state index in [4.69, 9.17) is 9.47 Å². The minimum atomic E-state index is -0.292. The molecule has 0 fully saturated rings. The Kier molecular flexibility index (Phi) is 3.68. The molecule has 3 rings (SSSR count). The topological polar surface area (TPSA) is 73.3 Å². The highest BCUT2D eigenvalue weighted by molar-refractivity contribution is 6.03. The Morgan fingerprint density at radius 2 is 2.10 bits per heavy atom. The van der Waals surface area contributed by atoms with Gasteiger partial charge in [-0.3, -0.25) is 9.78 Å². The first-order chi connectivity index (χ1) is 10.3. The molecule has 21 heavy (non-hydrogen) atoms. The lowest BCUT2D eigenvalue weighted by atomic mass is 10.1. The van der Waals surface area contributed by atoms with Gasteiger partial charge in [0.15, 0.2) is 11.5 Å². The van der Waals surface area contributed by atoms with Crippen molar-refractivity contribution in [3.05, 3.63) is 42.0 Å². The molecule has 2 aromatic rings. The molecule has 1 aromatic heterocycles. The molecule has 1 aliphatic rings. The van der Waals surface area contributed by atoms with E-state index < -0.39 is 0 Å². The molecule has 0 unspecified atom stereocenters. The molecule has 0 bridgehead atoms. The van der Waals surface area contributed by atoms with Gasteiger partial charge in [0.2, 0.25) is 6.79 Å². The second kappa shape index (κ2) is 5.78. The average Bonchev–Trinajstić information content (AvgIpc) is 2.96. The molecule has 6 nitrogen and oxygen atoms in total. The monoisotopic (exact) mass is 285 g/mol. The number of fused-ring (bicyclic) bond motifs is 1. The number of aryl methyl sites for hydroxylation is 1. The van der Waals surface area contributed by atoms with Crippen molar-refractivity contribution in [1.82, 2.24) is 9.97 Å². The normalized spacial score (nSPS) is 12.2. The summed E-state index contributed by atoms with van der Waals surface area (Å²) < 4.78 is 10.7. The van der Waals surface area contributed by atoms with Crippen LogP contribution in [0.15, 0.2) is 30.7 Å². The van der Waals surface area contributed by atoms with Gasteiger partial charge in [-0.05, 0) is 18.1 Å². The third-order valence-electron chi connectivity index (χ3n) is 3.16. The molecule has 108 valence electrons. The lowest BCUT2D eigenvalue weighted by molar-refractivity contribution is 0.102. The van der Waals surface area contributed by atoms with E-state index in [2.05, 4.69) is 22.2 Å². The summed E-state index contributed by atoms with van der Waals surface area (Å²) in [7, 11) is 0. The van der Waals surface area contributed by atoms with Crippen molar-refractivity contribution in [2.24, 2.45) is 0 Å². The fourth-order valence-electron chi connectivity index (χ4n) is 2.18. The number of anilines is 1. The number of rotatable bonds is 4. The zero-order valence-corrected chi connectivity index (χ0v) is 11.6. The summed E-state index contributed by atoms with van der Waals surface area (Å²) in [6, 6.07) is 3.71. The van der Waals surface area contributed by atoms with Crippen molar-refractivity contribution >= 4 is 11.6 Å². The first kappa shape index (κ1) is 13.4. The van der Waals surface area contributed by atoms with Gasteiger partial charge in [0.1, 0.15) is 5.69 Å². The van der Waals surface area contributed by atoms with Crippen LogP contribution in [0.1, 0.15) is 29.4 Å². The molecule has 1 aliphatic heterocycles. The Balaban J connectivity index is 1.89. The van der Waals surface area contributed by atoms with Gasteiger partial charge in [-0.15, -0.1) is 0 Å². The molecule has 1 aromatic carbocycles. The van der Waals surface area contributed by atoms with Crippen molar-refractivity contribution in [2.45, 2.75) is 19.8 Å². The Labute approximate surface area is 122 Å². The first-order valence-electron chi connectivity index (χ1n) is 6.78. The predicted molar refractivity (Wildman–Crippen MR) is 76.5 cm³/mol. The van der Waals surface area contributed by atoms with Crippen LogP contribution in [0.5, 0.6) is 11.5 Å². The van der Waals surface area contributed by atoms with E-state index in [9.17, 15) is 4.79 Å². The molecule has 0 atom stereocenters. The third kappa shape index (κ3) is 2.79. The van der Waals surface area contributed by atoms with E-state index in [0.29, 0.717) is 5.75 Å². The minimum absolute atomic E-state index is 0.211. The summed E-state index contributed by atoms with van der Waals surface area (Å²) in [6.07, 6.45) is 6.25. The molecular weight excluding hydrogens is 270 g/mol. The molecule has 0 aliphatic carbocycles. The predicted octanol–water partition coefficient (Wildman–Crippen LogP) is 2.41. The van der Waals surface area contributed by atoms with Crippen molar-refractivity contribution in [3.63, 3.8) is 0 Å². The fraction of sp³-hybridized carbons (Fsp3) is 0.267. The summed E-state index contributed by atoms with van der Waals surface area (Å²) >= 11 is 0. The van der Waals surface area contributed by atoms with Gasteiger partial charge in [-0.2, -0.15) is 0 Å². The number of ether oxygens (including phenoxy) is 2. The van der Waals surface area contributed by atoms with Crippen LogP contribution in [0.4, 0.5) is 5.69 Å². The van der Waals surface area contributed by atoms with Crippen LogP contribution < -0.4 is 14.8 Å². The van der Waals surface area contributed by atoms with Crippen LogP contribution in [0.3, 0.4) is 0 Å². The lowest BCUT2D eigenvalue weighted by Crippen LogP contribution is -2.15. The molecule has 2 heterocycles. The van der Waals surface area contributed by atoms with Gasteiger partial charge >= 0.3 is 0 Å². The third-order valence-corrected chi connectivity index (χ3v) is 3.16. The van der Waals surface area contributed by atoms with Crippen molar-refractivity contribution < 1.29 is 14.3 Å². The van der Waals surface area contributed by atoms with Crippen LogP contribution >= 0.6 is 0 Å². The largest absolute Gasteiger partial charge is 0.454 e. The maximum Gasteiger partial charge on any atom is 0.275 e. The zero-order chi connectivity index (χ0) is 14.7. The number of hydrogen-bond donors (Lipinski definition) is 1. The second-order valence-corrected chi connectivity index (χ2v) is 4.66.